The molecule has 36 heavy (non-hydrogen) atoms. The van der Waals surface area contributed by atoms with Crippen LogP contribution in [-0.4, -0.2) is 95.7 Å². The number of phenolic OH excluding ortho intramolecular Hbond substituents is 1. The predicted molar refractivity (Wildman–Crippen MR) is 120 cm³/mol. The van der Waals surface area contributed by atoms with Crippen molar-refractivity contribution >= 4 is 11.6 Å². The number of aryl methyl sites for hydroxylation is 1. The van der Waals surface area contributed by atoms with E-state index in [9.17, 15) is 35.1 Å². The van der Waals surface area contributed by atoms with Crippen LogP contribution in [0.1, 0.15) is 37.4 Å². The van der Waals surface area contributed by atoms with Gasteiger partial charge >= 0.3 is 0 Å². The quantitative estimate of drug-likeness (QED) is 0.294. The first-order chi connectivity index (χ1) is 17.1. The van der Waals surface area contributed by atoms with Crippen molar-refractivity contribution in [1.29, 1.82) is 0 Å². The molecule has 0 radical (unpaired) electrons. The number of methoxy groups -OCH3 is 3. The summed E-state index contributed by atoms with van der Waals surface area (Å²) in [5.74, 6) is -2.28. The van der Waals surface area contributed by atoms with Gasteiger partial charge in [0.15, 0.2) is 28.8 Å². The number of carbonyl (C=O) groups is 2. The van der Waals surface area contributed by atoms with Crippen LogP contribution in [0.2, 0.25) is 0 Å². The summed E-state index contributed by atoms with van der Waals surface area (Å²) < 4.78 is 27.0. The molecular weight excluding hydrogens is 480 g/mol. The van der Waals surface area contributed by atoms with Gasteiger partial charge in [0.1, 0.15) is 24.4 Å². The highest BCUT2D eigenvalue weighted by Crippen LogP contribution is 2.48. The van der Waals surface area contributed by atoms with Crippen molar-refractivity contribution in [2.75, 3.05) is 27.9 Å². The minimum absolute atomic E-state index is 0.0189. The summed E-state index contributed by atoms with van der Waals surface area (Å²) in [5.41, 5.74) is -0.313. The molecule has 0 unspecified atom stereocenters. The molecule has 1 aliphatic carbocycles. The molecule has 2 aromatic rings. The van der Waals surface area contributed by atoms with Gasteiger partial charge in [0.2, 0.25) is 17.8 Å². The van der Waals surface area contributed by atoms with E-state index in [1.54, 1.807) is 6.92 Å². The molecule has 5 atom stereocenters. The third-order valence-electron chi connectivity index (χ3n) is 6.30. The minimum Gasteiger partial charge on any atom is -0.504 e. The van der Waals surface area contributed by atoms with Crippen molar-refractivity contribution in [1.82, 2.24) is 0 Å². The Bertz CT molecular complexity index is 1220. The normalized spacial score (nSPS) is 25.2. The van der Waals surface area contributed by atoms with Crippen LogP contribution in [0.4, 0.5) is 0 Å². The lowest BCUT2D eigenvalue weighted by Gasteiger charge is -2.40. The molecule has 1 heterocycles. The van der Waals surface area contributed by atoms with Crippen LogP contribution in [0.5, 0.6) is 28.7 Å². The Kier molecular flexibility index (Phi) is 6.82. The largest absolute Gasteiger partial charge is 0.504 e. The summed E-state index contributed by atoms with van der Waals surface area (Å²) >= 11 is 0. The van der Waals surface area contributed by atoms with Gasteiger partial charge < -0.3 is 49.2 Å². The SMILES string of the molecule is COc1cc2c(c(O)c1OC)C(=O)c1c(cc(C)c(O[C@@H]3O[C@H](CO)[C@@H](O)[C@H](O)[C@H]3O)c1OC)C2=O. The van der Waals surface area contributed by atoms with E-state index in [0.29, 0.717) is 5.56 Å². The summed E-state index contributed by atoms with van der Waals surface area (Å²) in [7, 11) is 3.82. The van der Waals surface area contributed by atoms with Gasteiger partial charge in [-0.2, -0.15) is 0 Å². The smallest absolute Gasteiger partial charge is 0.229 e. The zero-order valence-corrected chi connectivity index (χ0v) is 19.8. The molecule has 0 bridgehead atoms. The van der Waals surface area contributed by atoms with E-state index in [1.165, 1.54) is 33.5 Å². The number of aromatic hydroxyl groups is 1. The Morgan fingerprint density at radius 1 is 0.833 bits per heavy atom. The van der Waals surface area contributed by atoms with E-state index >= 15 is 0 Å². The number of aliphatic hydroxyl groups is 4. The molecule has 4 rings (SSSR count). The van der Waals surface area contributed by atoms with Gasteiger partial charge in [0.05, 0.1) is 39.1 Å². The summed E-state index contributed by atoms with van der Waals surface area (Å²) in [5, 5.41) is 50.7. The predicted octanol–water partition coefficient (Wildman–Crippen LogP) is -0.319. The van der Waals surface area contributed by atoms with Crippen LogP contribution in [0, 0.1) is 6.92 Å². The van der Waals surface area contributed by atoms with Gasteiger partial charge in [0, 0.05) is 11.1 Å². The zero-order chi connectivity index (χ0) is 26.5. The minimum atomic E-state index is -1.72. The second kappa shape index (κ2) is 9.56. The first-order valence-electron chi connectivity index (χ1n) is 10.9. The van der Waals surface area contributed by atoms with Crippen LogP contribution >= 0.6 is 0 Å². The number of fused-ring (bicyclic) bond motifs is 2. The first kappa shape index (κ1) is 25.7. The van der Waals surface area contributed by atoms with Crippen molar-refractivity contribution in [3.63, 3.8) is 0 Å². The number of rotatable bonds is 6. The molecule has 1 fully saturated rings. The van der Waals surface area contributed by atoms with Crippen molar-refractivity contribution < 1.29 is 58.8 Å². The highest BCUT2D eigenvalue weighted by molar-refractivity contribution is 6.31. The van der Waals surface area contributed by atoms with E-state index < -0.39 is 54.6 Å². The maximum Gasteiger partial charge on any atom is 0.229 e. The van der Waals surface area contributed by atoms with E-state index in [1.807, 2.05) is 0 Å². The monoisotopic (exact) mass is 506 g/mol. The van der Waals surface area contributed by atoms with Gasteiger partial charge in [-0.1, -0.05) is 0 Å². The fourth-order valence-electron chi connectivity index (χ4n) is 4.45. The summed E-state index contributed by atoms with van der Waals surface area (Å²) in [6.45, 7) is 0.890. The Hall–Kier alpha value is -3.42. The maximum atomic E-state index is 13.6. The number of benzene rings is 2. The lowest BCUT2D eigenvalue weighted by atomic mass is 9.81. The second-order valence-electron chi connectivity index (χ2n) is 8.34. The number of phenols is 1. The van der Waals surface area contributed by atoms with Gasteiger partial charge in [-0.25, -0.2) is 0 Å². The number of hydrogen-bond donors (Lipinski definition) is 5. The highest BCUT2D eigenvalue weighted by Gasteiger charge is 2.46. The summed E-state index contributed by atoms with van der Waals surface area (Å²) in [6, 6.07) is 2.69. The lowest BCUT2D eigenvalue weighted by Crippen LogP contribution is -2.60. The number of ether oxygens (including phenoxy) is 5. The summed E-state index contributed by atoms with van der Waals surface area (Å²) in [4.78, 5) is 27.0. The first-order valence-corrected chi connectivity index (χ1v) is 10.9. The van der Waals surface area contributed by atoms with E-state index in [-0.39, 0.29) is 45.3 Å². The Morgan fingerprint density at radius 3 is 2.06 bits per heavy atom. The fourth-order valence-corrected chi connectivity index (χ4v) is 4.45. The molecule has 1 saturated heterocycles. The van der Waals surface area contributed by atoms with E-state index in [2.05, 4.69) is 0 Å². The molecule has 0 saturated carbocycles. The van der Waals surface area contributed by atoms with Crippen molar-refractivity contribution in [3.05, 3.63) is 39.9 Å². The standard InChI is InChI=1S/C24H26O12/c1-8-5-9-14(17(28)13-10(15(9)26)6-11(32-2)22(33-3)18(13)29)23(34-4)21(8)36-24-20(31)19(30)16(27)12(7-25)35-24/h5-6,12,16,19-20,24-25,27,29-31H,7H2,1-4H3/t12-,16-,19+,20-,24+/m1/s1. The molecular formula is C24H26O12. The van der Waals surface area contributed by atoms with Crippen LogP contribution < -0.4 is 18.9 Å². The summed E-state index contributed by atoms with van der Waals surface area (Å²) in [6.07, 6.45) is -7.81. The Labute approximate surface area is 205 Å². The molecule has 194 valence electrons. The second-order valence-corrected chi connectivity index (χ2v) is 8.34. The average Bonchev–Trinajstić information content (AvgIpc) is 2.87. The third kappa shape index (κ3) is 3.74. The highest BCUT2D eigenvalue weighted by atomic mass is 16.7. The van der Waals surface area contributed by atoms with Gasteiger partial charge in [-0.3, -0.25) is 9.59 Å². The Morgan fingerprint density at radius 2 is 1.47 bits per heavy atom. The number of carbonyl (C=O) groups excluding carboxylic acids is 2. The molecule has 1 aliphatic heterocycles. The fraction of sp³-hybridized carbons (Fsp3) is 0.417. The van der Waals surface area contributed by atoms with Crippen molar-refractivity contribution in [3.8, 4) is 28.7 Å². The van der Waals surface area contributed by atoms with Gasteiger partial charge in [0.25, 0.3) is 0 Å². The molecule has 12 heteroatoms. The molecule has 12 nitrogen and oxygen atoms in total. The van der Waals surface area contributed by atoms with Crippen LogP contribution in [0.3, 0.4) is 0 Å². The molecule has 2 aliphatic rings. The lowest BCUT2D eigenvalue weighted by molar-refractivity contribution is -0.277. The van der Waals surface area contributed by atoms with Gasteiger partial charge in [-0.15, -0.1) is 0 Å². The third-order valence-corrected chi connectivity index (χ3v) is 6.30. The van der Waals surface area contributed by atoms with Crippen molar-refractivity contribution in [2.24, 2.45) is 0 Å². The number of ketones is 2. The molecule has 2 aromatic carbocycles. The van der Waals surface area contributed by atoms with Gasteiger partial charge in [-0.05, 0) is 24.6 Å². The van der Waals surface area contributed by atoms with Crippen molar-refractivity contribution in [2.45, 2.75) is 37.6 Å². The average molecular weight is 506 g/mol. The molecule has 5 N–H and O–H groups in total. The van der Waals surface area contributed by atoms with Crippen LogP contribution in [0.15, 0.2) is 12.1 Å². The number of aliphatic hydroxyl groups excluding tert-OH is 4. The van der Waals surface area contributed by atoms with E-state index in [0.717, 1.165) is 0 Å². The van der Waals surface area contributed by atoms with Crippen LogP contribution in [-0.2, 0) is 4.74 Å². The molecule has 0 amide bonds. The molecule has 0 spiro atoms. The molecule has 0 aromatic heterocycles. The Balaban J connectivity index is 1.85. The maximum absolute atomic E-state index is 13.6. The number of hydrogen-bond acceptors (Lipinski definition) is 12. The van der Waals surface area contributed by atoms with E-state index in [4.69, 9.17) is 23.7 Å². The van der Waals surface area contributed by atoms with Crippen LogP contribution in [0.25, 0.3) is 0 Å². The zero-order valence-electron chi connectivity index (χ0n) is 19.8. The topological polar surface area (TPSA) is 181 Å².